The molecule has 0 saturated heterocycles. The van der Waals surface area contributed by atoms with Crippen LogP contribution >= 0.6 is 15.9 Å². The van der Waals surface area contributed by atoms with Gasteiger partial charge in [0.25, 0.3) is 0 Å². The standard InChI is InChI=1S/C14H16BrN3/c1-2-18-8-7-13-11(9-18)14(17-16-13)10-5-3-4-6-12(10)15/h3-6H,2,7-9H2,1H3,(H,16,17). The largest absolute Gasteiger partial charge is 0.299 e. The number of aromatic amines is 1. The zero-order valence-electron chi connectivity index (χ0n) is 10.4. The second-order valence-corrected chi connectivity index (χ2v) is 5.48. The number of nitrogens with one attached hydrogen (secondary N) is 1. The summed E-state index contributed by atoms with van der Waals surface area (Å²) in [5.41, 5.74) is 4.92. The zero-order chi connectivity index (χ0) is 12.5. The molecule has 0 spiro atoms. The summed E-state index contributed by atoms with van der Waals surface area (Å²) in [6, 6.07) is 8.27. The maximum absolute atomic E-state index is 4.52. The molecule has 3 nitrogen and oxygen atoms in total. The molecule has 3 rings (SSSR count). The monoisotopic (exact) mass is 305 g/mol. The van der Waals surface area contributed by atoms with Gasteiger partial charge in [-0.05, 0) is 12.6 Å². The van der Waals surface area contributed by atoms with Crippen molar-refractivity contribution in [3.8, 4) is 11.3 Å². The minimum Gasteiger partial charge on any atom is -0.299 e. The summed E-state index contributed by atoms with van der Waals surface area (Å²) in [7, 11) is 0. The van der Waals surface area contributed by atoms with Gasteiger partial charge in [-0.25, -0.2) is 0 Å². The fourth-order valence-electron chi connectivity index (χ4n) is 2.50. The predicted molar refractivity (Wildman–Crippen MR) is 76.4 cm³/mol. The van der Waals surface area contributed by atoms with E-state index in [2.05, 4.69) is 56.2 Å². The molecule has 4 heteroatoms. The van der Waals surface area contributed by atoms with Gasteiger partial charge in [0.15, 0.2) is 0 Å². The molecule has 0 aliphatic carbocycles. The highest BCUT2D eigenvalue weighted by Crippen LogP contribution is 2.32. The molecule has 0 bridgehead atoms. The second-order valence-electron chi connectivity index (χ2n) is 4.63. The zero-order valence-corrected chi connectivity index (χ0v) is 12.0. The number of aromatic nitrogens is 2. The van der Waals surface area contributed by atoms with Gasteiger partial charge in [0.1, 0.15) is 0 Å². The Morgan fingerprint density at radius 3 is 3.00 bits per heavy atom. The van der Waals surface area contributed by atoms with Crippen molar-refractivity contribution in [2.45, 2.75) is 19.9 Å². The fourth-order valence-corrected chi connectivity index (χ4v) is 2.97. The quantitative estimate of drug-likeness (QED) is 0.924. The summed E-state index contributed by atoms with van der Waals surface area (Å²) in [6.07, 6.45) is 1.07. The van der Waals surface area contributed by atoms with Gasteiger partial charge in [-0.15, -0.1) is 0 Å². The van der Waals surface area contributed by atoms with Crippen LogP contribution in [-0.2, 0) is 13.0 Å². The molecule has 18 heavy (non-hydrogen) atoms. The van der Waals surface area contributed by atoms with Gasteiger partial charge in [0.2, 0.25) is 0 Å². The molecule has 1 N–H and O–H groups in total. The first-order valence-electron chi connectivity index (χ1n) is 6.33. The lowest BCUT2D eigenvalue weighted by molar-refractivity contribution is 0.267. The Morgan fingerprint density at radius 1 is 1.39 bits per heavy atom. The van der Waals surface area contributed by atoms with Gasteiger partial charge in [-0.3, -0.25) is 10.00 Å². The molecule has 1 aromatic carbocycles. The molecule has 0 amide bonds. The molecule has 0 unspecified atom stereocenters. The molecule has 0 fully saturated rings. The highest BCUT2D eigenvalue weighted by Gasteiger charge is 2.22. The maximum Gasteiger partial charge on any atom is 0.0979 e. The van der Waals surface area contributed by atoms with E-state index < -0.39 is 0 Å². The number of likely N-dealkylation sites (N-methyl/N-ethyl adjacent to an activating group) is 1. The normalized spacial score (nSPS) is 15.7. The summed E-state index contributed by atoms with van der Waals surface area (Å²) in [4.78, 5) is 2.46. The van der Waals surface area contributed by atoms with Crippen LogP contribution in [0.3, 0.4) is 0 Å². The lowest BCUT2D eigenvalue weighted by Crippen LogP contribution is -2.30. The van der Waals surface area contributed by atoms with E-state index in [1.165, 1.54) is 16.8 Å². The van der Waals surface area contributed by atoms with Gasteiger partial charge < -0.3 is 0 Å². The Hall–Kier alpha value is -1.13. The third-order valence-electron chi connectivity index (χ3n) is 3.59. The van der Waals surface area contributed by atoms with E-state index >= 15 is 0 Å². The van der Waals surface area contributed by atoms with Crippen molar-refractivity contribution in [3.63, 3.8) is 0 Å². The highest BCUT2D eigenvalue weighted by molar-refractivity contribution is 9.10. The fraction of sp³-hybridized carbons (Fsp3) is 0.357. The van der Waals surface area contributed by atoms with Crippen LogP contribution in [0.15, 0.2) is 28.7 Å². The SMILES string of the molecule is CCN1CCc2[nH]nc(-c3ccccc3Br)c2C1. The van der Waals surface area contributed by atoms with Crippen LogP contribution in [0.4, 0.5) is 0 Å². The molecule has 2 heterocycles. The Bertz CT molecular complexity index is 562. The average molecular weight is 306 g/mol. The van der Waals surface area contributed by atoms with E-state index in [0.29, 0.717) is 0 Å². The van der Waals surface area contributed by atoms with Crippen LogP contribution in [0.2, 0.25) is 0 Å². The topological polar surface area (TPSA) is 31.9 Å². The number of hydrogen-bond donors (Lipinski definition) is 1. The Kier molecular flexibility index (Phi) is 3.22. The minimum atomic E-state index is 0.999. The number of nitrogens with zero attached hydrogens (tertiary/aromatic N) is 2. The Morgan fingerprint density at radius 2 is 2.22 bits per heavy atom. The van der Waals surface area contributed by atoms with Crippen molar-refractivity contribution in [1.29, 1.82) is 0 Å². The number of rotatable bonds is 2. The van der Waals surface area contributed by atoms with E-state index in [4.69, 9.17) is 0 Å². The van der Waals surface area contributed by atoms with Crippen molar-refractivity contribution in [2.24, 2.45) is 0 Å². The number of H-pyrrole nitrogens is 1. The van der Waals surface area contributed by atoms with Crippen molar-refractivity contribution >= 4 is 15.9 Å². The number of hydrogen-bond acceptors (Lipinski definition) is 2. The molecular formula is C14H16BrN3. The number of halogens is 1. The Labute approximate surface area is 115 Å². The molecule has 1 aromatic heterocycles. The van der Waals surface area contributed by atoms with Crippen molar-refractivity contribution in [2.75, 3.05) is 13.1 Å². The molecule has 1 aliphatic heterocycles. The van der Waals surface area contributed by atoms with Crippen LogP contribution in [-0.4, -0.2) is 28.2 Å². The van der Waals surface area contributed by atoms with Crippen LogP contribution in [0.1, 0.15) is 18.2 Å². The molecular weight excluding hydrogens is 290 g/mol. The lowest BCUT2D eigenvalue weighted by Gasteiger charge is -2.25. The first-order valence-corrected chi connectivity index (χ1v) is 7.12. The molecule has 1 aliphatic rings. The average Bonchev–Trinajstić information content (AvgIpc) is 2.82. The number of benzene rings is 1. The van der Waals surface area contributed by atoms with E-state index in [0.717, 1.165) is 36.2 Å². The summed E-state index contributed by atoms with van der Waals surface area (Å²) in [5.74, 6) is 0. The second kappa shape index (κ2) is 4.86. The highest BCUT2D eigenvalue weighted by atomic mass is 79.9. The van der Waals surface area contributed by atoms with Crippen LogP contribution in [0, 0.1) is 0 Å². The molecule has 0 radical (unpaired) electrons. The van der Waals surface area contributed by atoms with Gasteiger partial charge in [-0.1, -0.05) is 41.1 Å². The first-order chi connectivity index (χ1) is 8.79. The van der Waals surface area contributed by atoms with Crippen LogP contribution in [0.5, 0.6) is 0 Å². The van der Waals surface area contributed by atoms with E-state index in [9.17, 15) is 0 Å². The molecule has 0 saturated carbocycles. The molecule has 0 atom stereocenters. The van der Waals surface area contributed by atoms with Gasteiger partial charge >= 0.3 is 0 Å². The lowest BCUT2D eigenvalue weighted by atomic mass is 10.0. The molecule has 2 aromatic rings. The van der Waals surface area contributed by atoms with Crippen LogP contribution < -0.4 is 0 Å². The summed E-state index contributed by atoms with van der Waals surface area (Å²) in [6.45, 7) is 5.43. The third kappa shape index (κ3) is 1.99. The summed E-state index contributed by atoms with van der Waals surface area (Å²) >= 11 is 3.61. The van der Waals surface area contributed by atoms with Gasteiger partial charge in [0.05, 0.1) is 5.69 Å². The number of fused-ring (bicyclic) bond motifs is 1. The Balaban J connectivity index is 2.05. The van der Waals surface area contributed by atoms with Crippen molar-refractivity contribution < 1.29 is 0 Å². The third-order valence-corrected chi connectivity index (χ3v) is 4.28. The van der Waals surface area contributed by atoms with Crippen LogP contribution in [0.25, 0.3) is 11.3 Å². The van der Waals surface area contributed by atoms with Gasteiger partial charge in [0, 0.05) is 40.8 Å². The minimum absolute atomic E-state index is 0.999. The van der Waals surface area contributed by atoms with Crippen molar-refractivity contribution in [3.05, 3.63) is 40.0 Å². The van der Waals surface area contributed by atoms with E-state index in [1.54, 1.807) is 0 Å². The summed E-state index contributed by atoms with van der Waals surface area (Å²) < 4.78 is 1.10. The van der Waals surface area contributed by atoms with Gasteiger partial charge in [-0.2, -0.15) is 5.10 Å². The van der Waals surface area contributed by atoms with E-state index in [-0.39, 0.29) is 0 Å². The smallest absolute Gasteiger partial charge is 0.0979 e. The van der Waals surface area contributed by atoms with Crippen molar-refractivity contribution in [1.82, 2.24) is 15.1 Å². The summed E-state index contributed by atoms with van der Waals surface area (Å²) in [5, 5.41) is 7.72. The predicted octanol–water partition coefficient (Wildman–Crippen LogP) is 3.22. The molecule has 94 valence electrons. The first kappa shape index (κ1) is 11.9. The van der Waals surface area contributed by atoms with E-state index in [1.807, 2.05) is 6.07 Å². The maximum atomic E-state index is 4.52.